The number of methoxy groups -OCH3 is 1. The second-order valence-electron chi connectivity index (χ2n) is 8.48. The summed E-state index contributed by atoms with van der Waals surface area (Å²) in [5.74, 6) is 2.63. The predicted molar refractivity (Wildman–Crippen MR) is 133 cm³/mol. The van der Waals surface area contributed by atoms with E-state index in [-0.39, 0.29) is 19.1 Å². The van der Waals surface area contributed by atoms with Crippen LogP contribution in [-0.2, 0) is 17.6 Å². The van der Waals surface area contributed by atoms with E-state index in [0.29, 0.717) is 29.4 Å². The molecule has 5 aromatic rings. The van der Waals surface area contributed by atoms with Crippen LogP contribution >= 0.6 is 0 Å². The van der Waals surface area contributed by atoms with Gasteiger partial charge in [-0.1, -0.05) is 18.2 Å². The number of hydrogen-bond acceptors (Lipinski definition) is 5. The molecule has 0 unspecified atom stereocenters. The second kappa shape index (κ2) is 8.76. The number of carbonyl (C=O) groups is 1. The van der Waals surface area contributed by atoms with Crippen LogP contribution in [0.1, 0.15) is 11.1 Å². The fraction of sp³-hybridized carbons (Fsp3) is 0.179. The van der Waals surface area contributed by atoms with Crippen LogP contribution < -0.4 is 19.5 Å². The molecule has 7 heteroatoms. The average Bonchev–Trinajstić information content (AvgIpc) is 3.60. The Kier molecular flexibility index (Phi) is 5.29. The van der Waals surface area contributed by atoms with Crippen molar-refractivity contribution in [1.29, 1.82) is 0 Å². The lowest BCUT2D eigenvalue weighted by Crippen LogP contribution is -2.27. The van der Waals surface area contributed by atoms with Gasteiger partial charge in [0.2, 0.25) is 12.7 Å². The third-order valence-electron chi connectivity index (χ3n) is 6.37. The van der Waals surface area contributed by atoms with Crippen LogP contribution in [0.2, 0.25) is 0 Å². The quantitative estimate of drug-likeness (QED) is 0.342. The first-order chi connectivity index (χ1) is 17.2. The SMILES string of the molecule is COc1ccc(-c2oc3cc4c(cc3c2CC(=O)NCCc2c[nH]c3ccccc23)OCO4)cc1. The number of H-pyrrole nitrogens is 1. The van der Waals surface area contributed by atoms with Crippen LogP contribution in [0.3, 0.4) is 0 Å². The molecule has 1 amide bonds. The van der Waals surface area contributed by atoms with Crippen molar-refractivity contribution in [2.75, 3.05) is 20.4 Å². The van der Waals surface area contributed by atoms with Gasteiger partial charge >= 0.3 is 0 Å². The van der Waals surface area contributed by atoms with Crippen molar-refractivity contribution < 1.29 is 23.4 Å². The number of fused-ring (bicyclic) bond motifs is 3. The van der Waals surface area contributed by atoms with Crippen molar-refractivity contribution in [1.82, 2.24) is 10.3 Å². The van der Waals surface area contributed by atoms with E-state index in [9.17, 15) is 4.79 Å². The Hall–Kier alpha value is -4.39. The molecule has 0 fully saturated rings. The molecule has 0 saturated carbocycles. The summed E-state index contributed by atoms with van der Waals surface area (Å²) in [5, 5.41) is 5.09. The summed E-state index contributed by atoms with van der Waals surface area (Å²) in [7, 11) is 1.63. The molecule has 1 aliphatic rings. The number of rotatable bonds is 7. The Morgan fingerprint density at radius 3 is 2.66 bits per heavy atom. The van der Waals surface area contributed by atoms with Gasteiger partial charge in [0.05, 0.1) is 13.5 Å². The van der Waals surface area contributed by atoms with Crippen molar-refractivity contribution in [2.45, 2.75) is 12.8 Å². The topological polar surface area (TPSA) is 85.7 Å². The minimum Gasteiger partial charge on any atom is -0.497 e. The molecule has 7 nitrogen and oxygen atoms in total. The fourth-order valence-corrected chi connectivity index (χ4v) is 4.59. The number of ether oxygens (including phenoxy) is 3. The molecule has 0 saturated heterocycles. The summed E-state index contributed by atoms with van der Waals surface area (Å²) in [4.78, 5) is 16.3. The monoisotopic (exact) mass is 468 g/mol. The van der Waals surface area contributed by atoms with E-state index in [1.807, 2.05) is 60.8 Å². The fourth-order valence-electron chi connectivity index (χ4n) is 4.59. The lowest BCUT2D eigenvalue weighted by molar-refractivity contribution is -0.120. The third-order valence-corrected chi connectivity index (χ3v) is 6.37. The standard InChI is InChI=1S/C28H24N2O5/c1-32-19-8-6-17(7-9-19)28-22(21-12-25-26(34-16-33-25)14-24(21)35-28)13-27(31)29-11-10-18-15-30-23-5-3-2-4-20(18)23/h2-9,12,14-15,30H,10-11,13,16H2,1H3,(H,29,31). The molecule has 2 aromatic heterocycles. The van der Waals surface area contributed by atoms with Crippen LogP contribution in [0, 0.1) is 0 Å². The molecule has 3 heterocycles. The molecule has 3 aromatic carbocycles. The van der Waals surface area contributed by atoms with Gasteiger partial charge in [0.15, 0.2) is 11.5 Å². The van der Waals surface area contributed by atoms with Crippen molar-refractivity contribution in [2.24, 2.45) is 0 Å². The average molecular weight is 469 g/mol. The summed E-state index contributed by atoms with van der Waals surface area (Å²) < 4.78 is 22.6. The summed E-state index contributed by atoms with van der Waals surface area (Å²) >= 11 is 0. The van der Waals surface area contributed by atoms with E-state index < -0.39 is 0 Å². The Morgan fingerprint density at radius 1 is 1.03 bits per heavy atom. The molecule has 176 valence electrons. The predicted octanol–water partition coefficient (Wildman–Crippen LogP) is 5.22. The van der Waals surface area contributed by atoms with E-state index in [4.69, 9.17) is 18.6 Å². The number of benzene rings is 3. The first-order valence-corrected chi connectivity index (χ1v) is 11.5. The summed E-state index contributed by atoms with van der Waals surface area (Å²) in [5.41, 5.74) is 4.61. The van der Waals surface area contributed by atoms with Crippen LogP contribution in [0.25, 0.3) is 33.2 Å². The number of para-hydroxylation sites is 1. The molecule has 35 heavy (non-hydrogen) atoms. The summed E-state index contributed by atoms with van der Waals surface area (Å²) in [6.07, 6.45) is 2.93. The van der Waals surface area contributed by atoms with Gasteiger partial charge in [-0.2, -0.15) is 0 Å². The highest BCUT2D eigenvalue weighted by Gasteiger charge is 2.23. The zero-order valence-corrected chi connectivity index (χ0v) is 19.2. The highest BCUT2D eigenvalue weighted by atomic mass is 16.7. The molecule has 0 bridgehead atoms. The first-order valence-electron chi connectivity index (χ1n) is 11.5. The van der Waals surface area contributed by atoms with Gasteiger partial charge < -0.3 is 28.9 Å². The van der Waals surface area contributed by atoms with Crippen LogP contribution in [0.4, 0.5) is 0 Å². The molecule has 0 spiro atoms. The van der Waals surface area contributed by atoms with Crippen molar-refractivity contribution in [3.8, 4) is 28.6 Å². The maximum absolute atomic E-state index is 13.0. The van der Waals surface area contributed by atoms with Gasteiger partial charge in [-0.05, 0) is 48.4 Å². The summed E-state index contributed by atoms with van der Waals surface area (Å²) in [6.45, 7) is 0.720. The Morgan fingerprint density at radius 2 is 1.83 bits per heavy atom. The van der Waals surface area contributed by atoms with Crippen LogP contribution in [-0.4, -0.2) is 31.3 Å². The van der Waals surface area contributed by atoms with Gasteiger partial charge in [-0.3, -0.25) is 4.79 Å². The van der Waals surface area contributed by atoms with Gasteiger partial charge in [0, 0.05) is 46.2 Å². The number of carbonyl (C=O) groups excluding carboxylic acids is 1. The largest absolute Gasteiger partial charge is 0.497 e. The lowest BCUT2D eigenvalue weighted by Gasteiger charge is -2.07. The molecular formula is C28H24N2O5. The number of furan rings is 1. The van der Waals surface area contributed by atoms with Crippen LogP contribution in [0.15, 0.2) is 71.3 Å². The third kappa shape index (κ3) is 3.95. The maximum Gasteiger partial charge on any atom is 0.231 e. The number of hydrogen-bond donors (Lipinski definition) is 2. The van der Waals surface area contributed by atoms with Crippen LogP contribution in [0.5, 0.6) is 17.2 Å². The lowest BCUT2D eigenvalue weighted by atomic mass is 10.0. The number of aromatic nitrogens is 1. The van der Waals surface area contributed by atoms with Gasteiger partial charge in [0.1, 0.15) is 17.1 Å². The van der Waals surface area contributed by atoms with Gasteiger partial charge in [-0.15, -0.1) is 0 Å². The maximum atomic E-state index is 13.0. The van der Waals surface area contributed by atoms with E-state index in [1.165, 1.54) is 10.9 Å². The zero-order chi connectivity index (χ0) is 23.8. The Labute approximate surface area is 201 Å². The highest BCUT2D eigenvalue weighted by molar-refractivity contribution is 5.95. The number of nitrogens with one attached hydrogen (secondary N) is 2. The minimum absolute atomic E-state index is 0.0695. The molecule has 0 radical (unpaired) electrons. The number of amides is 1. The first kappa shape index (κ1) is 21.2. The van der Waals surface area contributed by atoms with E-state index >= 15 is 0 Å². The molecule has 2 N–H and O–H groups in total. The van der Waals surface area contributed by atoms with Gasteiger partial charge in [0.25, 0.3) is 0 Å². The second-order valence-corrected chi connectivity index (χ2v) is 8.48. The summed E-state index contributed by atoms with van der Waals surface area (Å²) in [6, 6.07) is 19.5. The molecule has 0 aliphatic carbocycles. The normalized spacial score (nSPS) is 12.4. The molecule has 0 atom stereocenters. The molecular weight excluding hydrogens is 444 g/mol. The van der Waals surface area contributed by atoms with E-state index in [1.54, 1.807) is 7.11 Å². The van der Waals surface area contributed by atoms with E-state index in [0.717, 1.165) is 34.2 Å². The van der Waals surface area contributed by atoms with Crippen molar-refractivity contribution >= 4 is 27.8 Å². The minimum atomic E-state index is -0.0695. The zero-order valence-electron chi connectivity index (χ0n) is 19.2. The number of aromatic amines is 1. The Bertz CT molecular complexity index is 1530. The molecule has 6 rings (SSSR count). The van der Waals surface area contributed by atoms with Gasteiger partial charge in [-0.25, -0.2) is 0 Å². The van der Waals surface area contributed by atoms with E-state index in [2.05, 4.69) is 16.4 Å². The Balaban J connectivity index is 1.26. The van der Waals surface area contributed by atoms with Crippen molar-refractivity contribution in [3.63, 3.8) is 0 Å². The smallest absolute Gasteiger partial charge is 0.231 e. The highest BCUT2D eigenvalue weighted by Crippen LogP contribution is 2.42. The van der Waals surface area contributed by atoms with Crippen molar-refractivity contribution in [3.05, 3.63) is 78.0 Å². The molecule has 1 aliphatic heterocycles.